The maximum absolute atomic E-state index is 10.4. The first-order valence-electron chi connectivity index (χ1n) is 6.67. The first kappa shape index (κ1) is 15.1. The molecular formula is C14H18BrNO4. The van der Waals surface area contributed by atoms with Crippen molar-refractivity contribution in [3.05, 3.63) is 22.2 Å². The Kier molecular flexibility index (Phi) is 5.67. The van der Waals surface area contributed by atoms with Gasteiger partial charge in [0, 0.05) is 19.4 Å². The van der Waals surface area contributed by atoms with Crippen LogP contribution in [0.1, 0.15) is 24.8 Å². The lowest BCUT2D eigenvalue weighted by molar-refractivity contribution is -0.137. The van der Waals surface area contributed by atoms with E-state index in [0.717, 1.165) is 28.0 Å². The maximum atomic E-state index is 10.4. The Morgan fingerprint density at radius 3 is 2.95 bits per heavy atom. The van der Waals surface area contributed by atoms with Crippen LogP contribution in [0.3, 0.4) is 0 Å². The molecule has 0 bridgehead atoms. The third kappa shape index (κ3) is 4.38. The molecule has 0 aromatic heterocycles. The van der Waals surface area contributed by atoms with Crippen LogP contribution in [-0.4, -0.2) is 30.8 Å². The zero-order chi connectivity index (χ0) is 14.4. The highest BCUT2D eigenvalue weighted by molar-refractivity contribution is 9.10. The summed E-state index contributed by atoms with van der Waals surface area (Å²) in [6.07, 6.45) is 1.70. The minimum atomic E-state index is -0.759. The number of rotatable bonds is 6. The van der Waals surface area contributed by atoms with Crippen molar-refractivity contribution in [2.45, 2.75) is 25.8 Å². The average molecular weight is 344 g/mol. The van der Waals surface area contributed by atoms with Gasteiger partial charge in [0.25, 0.3) is 0 Å². The van der Waals surface area contributed by atoms with Crippen LogP contribution in [0, 0.1) is 0 Å². The van der Waals surface area contributed by atoms with Gasteiger partial charge in [0.15, 0.2) is 11.5 Å². The van der Waals surface area contributed by atoms with Gasteiger partial charge >= 0.3 is 5.97 Å². The molecule has 0 amide bonds. The molecule has 0 atom stereocenters. The summed E-state index contributed by atoms with van der Waals surface area (Å²) in [5.41, 5.74) is 1.08. The van der Waals surface area contributed by atoms with E-state index in [2.05, 4.69) is 21.2 Å². The number of carboxylic acids is 1. The first-order chi connectivity index (χ1) is 9.66. The van der Waals surface area contributed by atoms with Crippen LogP contribution in [0.2, 0.25) is 0 Å². The lowest BCUT2D eigenvalue weighted by Gasteiger charge is -2.12. The Morgan fingerprint density at radius 2 is 2.15 bits per heavy atom. The monoisotopic (exact) mass is 343 g/mol. The number of ether oxygens (including phenoxy) is 2. The first-order valence-corrected chi connectivity index (χ1v) is 7.46. The molecule has 1 aromatic rings. The summed E-state index contributed by atoms with van der Waals surface area (Å²) in [5.74, 6) is 0.765. The smallest absolute Gasteiger partial charge is 0.303 e. The molecular weight excluding hydrogens is 326 g/mol. The topological polar surface area (TPSA) is 67.8 Å². The molecule has 5 nitrogen and oxygen atoms in total. The molecule has 1 aliphatic heterocycles. The van der Waals surface area contributed by atoms with Gasteiger partial charge in [-0.05, 0) is 46.6 Å². The zero-order valence-corrected chi connectivity index (χ0v) is 12.7. The highest BCUT2D eigenvalue weighted by atomic mass is 79.9. The molecule has 1 heterocycles. The van der Waals surface area contributed by atoms with Crippen molar-refractivity contribution < 1.29 is 19.4 Å². The minimum Gasteiger partial charge on any atom is -0.490 e. The van der Waals surface area contributed by atoms with Crippen molar-refractivity contribution in [2.75, 3.05) is 19.8 Å². The van der Waals surface area contributed by atoms with Gasteiger partial charge in [-0.2, -0.15) is 0 Å². The number of hydrogen-bond donors (Lipinski definition) is 2. The van der Waals surface area contributed by atoms with Crippen LogP contribution < -0.4 is 14.8 Å². The number of benzene rings is 1. The van der Waals surface area contributed by atoms with Crippen LogP contribution in [0.5, 0.6) is 11.5 Å². The molecule has 6 heteroatoms. The van der Waals surface area contributed by atoms with Gasteiger partial charge in [0.1, 0.15) is 0 Å². The van der Waals surface area contributed by atoms with Crippen LogP contribution in [0.4, 0.5) is 0 Å². The number of nitrogens with one attached hydrogen (secondary N) is 1. The van der Waals surface area contributed by atoms with Gasteiger partial charge in [0.05, 0.1) is 17.7 Å². The van der Waals surface area contributed by atoms with Crippen molar-refractivity contribution in [3.8, 4) is 11.5 Å². The minimum absolute atomic E-state index is 0.192. The van der Waals surface area contributed by atoms with Crippen LogP contribution >= 0.6 is 15.9 Å². The maximum Gasteiger partial charge on any atom is 0.303 e. The van der Waals surface area contributed by atoms with Crippen LogP contribution in [-0.2, 0) is 11.3 Å². The molecule has 0 spiro atoms. The van der Waals surface area contributed by atoms with E-state index in [1.54, 1.807) is 0 Å². The van der Waals surface area contributed by atoms with Crippen LogP contribution in [0.15, 0.2) is 16.6 Å². The zero-order valence-electron chi connectivity index (χ0n) is 11.2. The van der Waals surface area contributed by atoms with E-state index in [9.17, 15) is 4.79 Å². The molecule has 110 valence electrons. The molecule has 2 rings (SSSR count). The summed E-state index contributed by atoms with van der Waals surface area (Å²) in [6.45, 7) is 2.68. The molecule has 0 saturated carbocycles. The normalized spacial score (nSPS) is 13.8. The van der Waals surface area contributed by atoms with Crippen LogP contribution in [0.25, 0.3) is 0 Å². The Hall–Kier alpha value is -1.27. The largest absolute Gasteiger partial charge is 0.490 e. The molecule has 0 saturated heterocycles. The molecule has 0 radical (unpaired) electrons. The van der Waals surface area contributed by atoms with Gasteiger partial charge in [-0.3, -0.25) is 4.79 Å². The Bertz CT molecular complexity index is 478. The standard InChI is InChI=1S/C14H18BrNO4/c15-11-7-10(9-16-4-1-3-13(17)18)8-12-14(11)20-6-2-5-19-12/h7-8,16H,1-6,9H2,(H,17,18). The van der Waals surface area contributed by atoms with Gasteiger partial charge in [-0.15, -0.1) is 0 Å². The second-order valence-corrected chi connectivity index (χ2v) is 5.48. The van der Waals surface area contributed by atoms with E-state index in [1.165, 1.54) is 0 Å². The van der Waals surface area contributed by atoms with Gasteiger partial charge in [-0.1, -0.05) is 0 Å². The Labute approximate surface area is 126 Å². The summed E-state index contributed by atoms with van der Waals surface area (Å²) in [6, 6.07) is 3.97. The summed E-state index contributed by atoms with van der Waals surface area (Å²) in [7, 11) is 0. The highest BCUT2D eigenvalue weighted by Crippen LogP contribution is 2.38. The number of aliphatic carboxylic acids is 1. The number of halogens is 1. The Morgan fingerprint density at radius 1 is 1.35 bits per heavy atom. The van der Waals surface area contributed by atoms with E-state index in [0.29, 0.717) is 32.7 Å². The molecule has 1 aromatic carbocycles. The lowest BCUT2D eigenvalue weighted by atomic mass is 10.2. The van der Waals surface area contributed by atoms with E-state index in [-0.39, 0.29) is 6.42 Å². The average Bonchev–Trinajstić information content (AvgIpc) is 2.63. The SMILES string of the molecule is O=C(O)CCCNCc1cc(Br)c2c(c1)OCCCO2. The van der Waals surface area contributed by atoms with Crippen molar-refractivity contribution >= 4 is 21.9 Å². The summed E-state index contributed by atoms with van der Waals surface area (Å²) in [5, 5.41) is 11.8. The molecule has 1 aliphatic rings. The predicted octanol–water partition coefficient (Wildman–Crippen LogP) is 2.56. The van der Waals surface area contributed by atoms with E-state index in [1.807, 2.05) is 12.1 Å². The number of fused-ring (bicyclic) bond motifs is 1. The molecule has 0 aliphatic carbocycles. The van der Waals surface area contributed by atoms with E-state index in [4.69, 9.17) is 14.6 Å². The third-order valence-corrected chi connectivity index (χ3v) is 3.52. The van der Waals surface area contributed by atoms with Crippen molar-refractivity contribution in [1.82, 2.24) is 5.32 Å². The quantitative estimate of drug-likeness (QED) is 0.777. The molecule has 2 N–H and O–H groups in total. The number of carbonyl (C=O) groups is 1. The summed E-state index contributed by atoms with van der Waals surface area (Å²) >= 11 is 3.50. The van der Waals surface area contributed by atoms with Gasteiger partial charge in [-0.25, -0.2) is 0 Å². The highest BCUT2D eigenvalue weighted by Gasteiger charge is 2.15. The number of hydrogen-bond acceptors (Lipinski definition) is 4. The van der Waals surface area contributed by atoms with Gasteiger partial charge < -0.3 is 19.9 Å². The molecule has 0 unspecified atom stereocenters. The van der Waals surface area contributed by atoms with Gasteiger partial charge in [0.2, 0.25) is 0 Å². The Balaban J connectivity index is 1.90. The second-order valence-electron chi connectivity index (χ2n) is 4.63. The van der Waals surface area contributed by atoms with Crippen molar-refractivity contribution in [1.29, 1.82) is 0 Å². The molecule has 20 heavy (non-hydrogen) atoms. The van der Waals surface area contributed by atoms with Crippen molar-refractivity contribution in [3.63, 3.8) is 0 Å². The number of carboxylic acid groups (broad SMARTS) is 1. The predicted molar refractivity (Wildman–Crippen MR) is 78.3 cm³/mol. The lowest BCUT2D eigenvalue weighted by Crippen LogP contribution is -2.15. The fourth-order valence-corrected chi connectivity index (χ4v) is 2.59. The molecule has 0 fully saturated rings. The van der Waals surface area contributed by atoms with Crippen molar-refractivity contribution in [2.24, 2.45) is 0 Å². The third-order valence-electron chi connectivity index (χ3n) is 2.94. The summed E-state index contributed by atoms with van der Waals surface area (Å²) in [4.78, 5) is 10.4. The summed E-state index contributed by atoms with van der Waals surface area (Å²) < 4.78 is 12.2. The fourth-order valence-electron chi connectivity index (χ4n) is 1.98. The van der Waals surface area contributed by atoms with E-state index >= 15 is 0 Å². The second kappa shape index (κ2) is 7.50. The van der Waals surface area contributed by atoms with E-state index < -0.39 is 5.97 Å². The fraction of sp³-hybridized carbons (Fsp3) is 0.500.